The summed E-state index contributed by atoms with van der Waals surface area (Å²) in [6.45, 7) is 24.4. The van der Waals surface area contributed by atoms with Crippen LogP contribution in [-0.2, 0) is 37.7 Å². The Morgan fingerprint density at radius 1 is 0.778 bits per heavy atom. The number of aliphatic hydroxyl groups is 1. The third-order valence-corrected chi connectivity index (χ3v) is 11.1. The molecule has 0 amide bonds. The summed E-state index contributed by atoms with van der Waals surface area (Å²) in [7, 11) is 0. The zero-order valence-corrected chi connectivity index (χ0v) is 36.7. The Balaban J connectivity index is 0.000000301. The van der Waals surface area contributed by atoms with Crippen molar-refractivity contribution < 1.29 is 30.0 Å². The van der Waals surface area contributed by atoms with Crippen LogP contribution in [0.4, 0.5) is 0 Å². The minimum absolute atomic E-state index is 0. The second-order valence-corrected chi connectivity index (χ2v) is 17.7. The van der Waals surface area contributed by atoms with E-state index in [1.54, 1.807) is 0 Å². The molecule has 1 N–H and O–H groups in total. The van der Waals surface area contributed by atoms with Crippen molar-refractivity contribution in [3.63, 3.8) is 0 Å². The predicted molar refractivity (Wildman–Crippen MR) is 228 cm³/mol. The number of nitrogens with zero attached hydrogens (tertiary/aromatic N) is 2. The van der Waals surface area contributed by atoms with Crippen LogP contribution in [0.25, 0.3) is 59.8 Å². The molecular weight excluding hydrogens is 841 g/mol. The predicted octanol–water partition coefficient (Wildman–Crippen LogP) is 13.7. The van der Waals surface area contributed by atoms with Gasteiger partial charge in [0.1, 0.15) is 0 Å². The molecule has 1 radical (unpaired) electrons. The summed E-state index contributed by atoms with van der Waals surface area (Å²) in [5, 5.41) is 18.4. The first-order valence-electron chi connectivity index (χ1n) is 19.9. The van der Waals surface area contributed by atoms with Crippen molar-refractivity contribution in [1.82, 2.24) is 9.38 Å². The van der Waals surface area contributed by atoms with Crippen molar-refractivity contribution in [3.8, 4) is 0 Å². The quantitative estimate of drug-likeness (QED) is 0.0516. The number of fused-ring (bicyclic) bond motifs is 7. The van der Waals surface area contributed by atoms with Crippen molar-refractivity contribution >= 4 is 65.6 Å². The molecule has 7 rings (SSSR count). The van der Waals surface area contributed by atoms with Crippen molar-refractivity contribution in [1.29, 1.82) is 0 Å². The smallest absolute Gasteiger partial charge is 0.162 e. The Kier molecular flexibility index (Phi) is 12.4. The van der Waals surface area contributed by atoms with Crippen LogP contribution in [0.15, 0.2) is 72.6 Å². The number of aryl methyl sites for hydroxylation is 1. The summed E-state index contributed by atoms with van der Waals surface area (Å²) in [6.07, 6.45) is 8.97. The van der Waals surface area contributed by atoms with Gasteiger partial charge in [-0.1, -0.05) is 116 Å². The average Bonchev–Trinajstić information content (AvgIpc) is 3.38. The van der Waals surface area contributed by atoms with E-state index in [0.29, 0.717) is 0 Å². The van der Waals surface area contributed by atoms with Crippen molar-refractivity contribution in [3.05, 3.63) is 95.4 Å². The van der Waals surface area contributed by atoms with Gasteiger partial charge in [0.05, 0.1) is 11.3 Å². The number of aliphatic hydroxyl groups excluding tert-OH is 1. The first-order valence-corrected chi connectivity index (χ1v) is 19.9. The van der Waals surface area contributed by atoms with E-state index >= 15 is 0 Å². The summed E-state index contributed by atoms with van der Waals surface area (Å²) in [5.41, 5.74) is 9.57. The van der Waals surface area contributed by atoms with Gasteiger partial charge in [-0.25, -0.2) is 0 Å². The largest absolute Gasteiger partial charge is 0.512 e. The van der Waals surface area contributed by atoms with E-state index in [-0.39, 0.29) is 54.3 Å². The van der Waals surface area contributed by atoms with Crippen LogP contribution in [0.1, 0.15) is 112 Å². The summed E-state index contributed by atoms with van der Waals surface area (Å²) < 4.78 is 2.56. The standard InChI is InChI=1S/C36H35N2.C13H24O2.Ir/c1-21-30(20-36(5,6)7)33-28-16-22(19-35(2,3)4)12-13-25(28)26-14-15-37-31-27-17-23-10-8-9-11-24(23)18-29(27)32(21)38(33)34(26)31;1-5-10(6-2)12(14)9-13(15)11(7-3)8-4;/h8-16,18H,19-20H2,1-7H3;9-11,14H,5-8H2,1-4H3;/q-1;;/b;12-9-;. The SMILES string of the molecule is CCC(CC)C(=O)/C=C(\O)C(CC)CC.Cc1c(CC(C)(C)C)c2c3cc(CC(C)(C)C)ccc3c3ccnc4c5[c-]c6ccccc6cc5c1n2c34.[Ir]. The van der Waals surface area contributed by atoms with E-state index in [1.165, 1.54) is 66.2 Å². The number of hydrogen-bond acceptors (Lipinski definition) is 3. The Bertz CT molecular complexity index is 2460. The fourth-order valence-electron chi connectivity index (χ4n) is 8.46. The third kappa shape index (κ3) is 7.96. The number of aromatic nitrogens is 2. The molecule has 0 spiro atoms. The molecule has 0 unspecified atom stereocenters. The molecule has 0 aliphatic rings. The van der Waals surface area contributed by atoms with Gasteiger partial charge >= 0.3 is 0 Å². The Morgan fingerprint density at radius 3 is 2.06 bits per heavy atom. The van der Waals surface area contributed by atoms with Gasteiger partial charge in [0, 0.05) is 71.5 Å². The number of carbonyl (C=O) groups is 1. The normalized spacial score (nSPS) is 12.9. The summed E-state index contributed by atoms with van der Waals surface area (Å²) in [6, 6.07) is 24.1. The second kappa shape index (κ2) is 16.1. The minimum Gasteiger partial charge on any atom is -0.512 e. The second-order valence-electron chi connectivity index (χ2n) is 17.7. The van der Waals surface area contributed by atoms with Crippen LogP contribution < -0.4 is 0 Å². The van der Waals surface area contributed by atoms with Crippen molar-refractivity contribution in [2.75, 3.05) is 0 Å². The van der Waals surface area contributed by atoms with E-state index in [2.05, 4.69) is 114 Å². The van der Waals surface area contributed by atoms with Crippen LogP contribution in [0.2, 0.25) is 0 Å². The molecule has 0 saturated carbocycles. The molecule has 5 heteroatoms. The van der Waals surface area contributed by atoms with E-state index in [9.17, 15) is 9.90 Å². The summed E-state index contributed by atoms with van der Waals surface area (Å²) in [5.74, 6) is 0.547. The number of allylic oxidation sites excluding steroid dienone is 2. The van der Waals surface area contributed by atoms with Gasteiger partial charge in [0.25, 0.3) is 0 Å². The molecule has 0 fully saturated rings. The van der Waals surface area contributed by atoms with Crippen LogP contribution in [-0.4, -0.2) is 20.3 Å². The average molecular weight is 900 g/mol. The Labute approximate surface area is 336 Å². The van der Waals surface area contributed by atoms with Crippen molar-refractivity contribution in [2.45, 2.75) is 115 Å². The summed E-state index contributed by atoms with van der Waals surface area (Å²) >= 11 is 0. The van der Waals surface area contributed by atoms with E-state index in [1.807, 2.05) is 33.9 Å². The van der Waals surface area contributed by atoms with Gasteiger partial charge < -0.3 is 9.51 Å². The van der Waals surface area contributed by atoms with Gasteiger partial charge in [0.15, 0.2) is 5.78 Å². The molecule has 4 nitrogen and oxygen atoms in total. The molecule has 3 aromatic carbocycles. The fraction of sp³-hybridized carbons (Fsp3) is 0.429. The molecule has 287 valence electrons. The number of hydrogen-bond donors (Lipinski definition) is 1. The van der Waals surface area contributed by atoms with Crippen molar-refractivity contribution in [2.24, 2.45) is 22.7 Å². The molecule has 54 heavy (non-hydrogen) atoms. The Morgan fingerprint density at radius 2 is 1.43 bits per heavy atom. The Hall–Kier alpha value is -3.79. The van der Waals surface area contributed by atoms with E-state index in [0.717, 1.165) is 54.8 Å². The molecule has 0 atom stereocenters. The fourth-order valence-corrected chi connectivity index (χ4v) is 8.46. The van der Waals surface area contributed by atoms with Crippen LogP contribution in [0.3, 0.4) is 0 Å². The maximum Gasteiger partial charge on any atom is 0.162 e. The van der Waals surface area contributed by atoms with E-state index in [4.69, 9.17) is 4.98 Å². The number of ketones is 1. The molecule has 0 aliphatic carbocycles. The van der Waals surface area contributed by atoms with Crippen LogP contribution in [0.5, 0.6) is 0 Å². The zero-order chi connectivity index (χ0) is 38.4. The van der Waals surface area contributed by atoms with Gasteiger partial charge in [-0.3, -0.25) is 9.78 Å². The first-order chi connectivity index (χ1) is 25.1. The van der Waals surface area contributed by atoms with Gasteiger partial charge in [-0.05, 0) is 90.5 Å². The van der Waals surface area contributed by atoms with E-state index < -0.39 is 0 Å². The molecule has 7 aromatic rings. The monoisotopic (exact) mass is 900 g/mol. The van der Waals surface area contributed by atoms with Crippen LogP contribution in [0, 0.1) is 35.7 Å². The summed E-state index contributed by atoms with van der Waals surface area (Å²) in [4.78, 5) is 16.7. The van der Waals surface area contributed by atoms with Crippen LogP contribution >= 0.6 is 0 Å². The number of benzene rings is 3. The number of pyridine rings is 3. The maximum atomic E-state index is 11.7. The van der Waals surface area contributed by atoms with Gasteiger partial charge in [-0.2, -0.15) is 0 Å². The first kappa shape index (κ1) is 41.4. The third-order valence-electron chi connectivity index (χ3n) is 11.1. The molecule has 4 aromatic heterocycles. The molecule has 0 aliphatic heterocycles. The topological polar surface area (TPSA) is 54.6 Å². The maximum absolute atomic E-state index is 11.7. The van der Waals surface area contributed by atoms with Gasteiger partial charge in [0.2, 0.25) is 0 Å². The molecular formula is C49H59IrN2O2-. The zero-order valence-electron chi connectivity index (χ0n) is 34.3. The van der Waals surface area contributed by atoms with Gasteiger partial charge in [-0.15, -0.1) is 23.6 Å². The molecule has 0 saturated heterocycles. The molecule has 0 bridgehead atoms. The number of carbonyl (C=O) groups excluding carboxylic acids is 1. The minimum atomic E-state index is 0. The molecule has 4 heterocycles. The number of rotatable bonds is 9.